The molecule has 3 aliphatic heterocycles. The van der Waals surface area contributed by atoms with Gasteiger partial charge in [-0.3, -0.25) is 9.59 Å². The highest BCUT2D eigenvalue weighted by Gasteiger charge is 2.34. The number of hydrogen-bond donors (Lipinski definition) is 2. The van der Waals surface area contributed by atoms with E-state index in [0.717, 1.165) is 12.1 Å². The Labute approximate surface area is 130 Å². The zero-order valence-electron chi connectivity index (χ0n) is 12.5. The largest absolute Gasteiger partial charge is 0.366 e. The maximum Gasteiger partial charge on any atom is 0.248 e. The topological polar surface area (TPSA) is 75.4 Å². The number of nitrogens with one attached hydrogen (secondary N) is 1. The fraction of sp³-hybridized carbons (Fsp3) is 0.412. The number of primary amides is 1. The second-order valence-electron chi connectivity index (χ2n) is 6.07. The summed E-state index contributed by atoms with van der Waals surface area (Å²) in [6, 6.07) is 7.15. The SMILES string of the molecule is NC(=O)c1ccc(/C=C/C(=O)NC2CN3CCC2CC3)cc1. The summed E-state index contributed by atoms with van der Waals surface area (Å²) in [5.41, 5.74) is 6.53. The van der Waals surface area contributed by atoms with Crippen LogP contribution >= 0.6 is 0 Å². The monoisotopic (exact) mass is 299 g/mol. The second kappa shape index (κ2) is 6.32. The summed E-state index contributed by atoms with van der Waals surface area (Å²) in [6.45, 7) is 3.30. The molecule has 0 saturated carbocycles. The van der Waals surface area contributed by atoms with Crippen LogP contribution in [0.2, 0.25) is 0 Å². The van der Waals surface area contributed by atoms with Gasteiger partial charge in [-0.15, -0.1) is 0 Å². The first-order chi connectivity index (χ1) is 10.6. The predicted molar refractivity (Wildman–Crippen MR) is 85.1 cm³/mol. The predicted octanol–water partition coefficient (Wildman–Crippen LogP) is 1.01. The molecular weight excluding hydrogens is 278 g/mol. The summed E-state index contributed by atoms with van der Waals surface area (Å²) < 4.78 is 0. The van der Waals surface area contributed by atoms with E-state index < -0.39 is 5.91 Å². The number of fused-ring (bicyclic) bond motifs is 3. The van der Waals surface area contributed by atoms with Crippen LogP contribution in [0, 0.1) is 5.92 Å². The minimum absolute atomic E-state index is 0.0577. The molecule has 3 N–H and O–H groups in total. The van der Waals surface area contributed by atoms with E-state index in [4.69, 9.17) is 5.73 Å². The zero-order chi connectivity index (χ0) is 15.5. The Morgan fingerprint density at radius 1 is 1.18 bits per heavy atom. The third-order valence-electron chi connectivity index (χ3n) is 4.61. The van der Waals surface area contributed by atoms with Gasteiger partial charge >= 0.3 is 0 Å². The molecule has 0 aliphatic carbocycles. The molecule has 4 rings (SSSR count). The van der Waals surface area contributed by atoms with Gasteiger partial charge in [0.1, 0.15) is 0 Å². The molecule has 1 atom stereocenters. The van der Waals surface area contributed by atoms with Gasteiger partial charge in [-0.1, -0.05) is 12.1 Å². The number of carbonyl (C=O) groups excluding carboxylic acids is 2. The Morgan fingerprint density at radius 2 is 1.86 bits per heavy atom. The van der Waals surface area contributed by atoms with E-state index in [-0.39, 0.29) is 11.9 Å². The summed E-state index contributed by atoms with van der Waals surface area (Å²) >= 11 is 0. The molecule has 1 unspecified atom stereocenters. The Hall–Kier alpha value is -2.14. The third kappa shape index (κ3) is 3.36. The van der Waals surface area contributed by atoms with Crippen molar-refractivity contribution >= 4 is 17.9 Å². The number of piperidine rings is 3. The van der Waals surface area contributed by atoms with Gasteiger partial charge in [0, 0.05) is 24.2 Å². The van der Waals surface area contributed by atoms with Crippen molar-refractivity contribution in [2.75, 3.05) is 19.6 Å². The lowest BCUT2D eigenvalue weighted by atomic mass is 9.84. The van der Waals surface area contributed by atoms with Gasteiger partial charge in [-0.05, 0) is 55.6 Å². The van der Waals surface area contributed by atoms with Crippen molar-refractivity contribution in [1.29, 1.82) is 0 Å². The van der Waals surface area contributed by atoms with Crippen LogP contribution in [0.4, 0.5) is 0 Å². The Bertz CT molecular complexity index is 586. The minimum atomic E-state index is -0.448. The van der Waals surface area contributed by atoms with E-state index in [9.17, 15) is 9.59 Å². The highest BCUT2D eigenvalue weighted by molar-refractivity contribution is 5.94. The van der Waals surface area contributed by atoms with Gasteiger partial charge in [0.25, 0.3) is 0 Å². The molecule has 1 aromatic carbocycles. The standard InChI is InChI=1S/C17H21N3O2/c18-17(22)14-4-1-12(2-5-14)3-6-16(21)19-15-11-20-9-7-13(15)8-10-20/h1-6,13,15H,7-11H2,(H2,18,22)(H,19,21)/b6-3+. The molecule has 116 valence electrons. The number of carbonyl (C=O) groups is 2. The first-order valence-corrected chi connectivity index (χ1v) is 7.72. The Balaban J connectivity index is 1.56. The molecule has 3 aliphatic rings. The number of nitrogens with two attached hydrogens (primary N) is 1. The molecule has 3 fully saturated rings. The molecule has 3 heterocycles. The molecule has 2 amide bonds. The van der Waals surface area contributed by atoms with Crippen LogP contribution in [0.15, 0.2) is 30.3 Å². The van der Waals surface area contributed by atoms with Crippen LogP contribution < -0.4 is 11.1 Å². The first kappa shape index (κ1) is 14.8. The maximum absolute atomic E-state index is 12.0. The van der Waals surface area contributed by atoms with Crippen LogP contribution in [0.3, 0.4) is 0 Å². The quantitative estimate of drug-likeness (QED) is 0.815. The van der Waals surface area contributed by atoms with Crippen LogP contribution in [0.25, 0.3) is 6.08 Å². The molecule has 0 spiro atoms. The van der Waals surface area contributed by atoms with Gasteiger partial charge in [-0.25, -0.2) is 0 Å². The summed E-state index contributed by atoms with van der Waals surface area (Å²) in [4.78, 5) is 25.5. The lowest BCUT2D eigenvalue weighted by Gasteiger charge is -2.44. The molecule has 0 radical (unpaired) electrons. The van der Waals surface area contributed by atoms with Crippen molar-refractivity contribution < 1.29 is 9.59 Å². The number of benzene rings is 1. The van der Waals surface area contributed by atoms with E-state index >= 15 is 0 Å². The molecule has 5 nitrogen and oxygen atoms in total. The van der Waals surface area contributed by atoms with E-state index in [1.165, 1.54) is 25.9 Å². The summed E-state index contributed by atoms with van der Waals surface area (Å²) in [7, 11) is 0. The van der Waals surface area contributed by atoms with Crippen LogP contribution in [-0.4, -0.2) is 42.4 Å². The Morgan fingerprint density at radius 3 is 2.41 bits per heavy atom. The highest BCUT2D eigenvalue weighted by Crippen LogP contribution is 2.27. The van der Waals surface area contributed by atoms with Crippen molar-refractivity contribution in [2.24, 2.45) is 11.7 Å². The summed E-state index contributed by atoms with van der Waals surface area (Å²) in [5.74, 6) is 0.116. The van der Waals surface area contributed by atoms with E-state index in [0.29, 0.717) is 11.5 Å². The van der Waals surface area contributed by atoms with Gasteiger partial charge in [0.2, 0.25) is 11.8 Å². The van der Waals surface area contributed by atoms with Crippen molar-refractivity contribution in [1.82, 2.24) is 10.2 Å². The summed E-state index contributed by atoms with van der Waals surface area (Å²) in [5, 5.41) is 3.11. The van der Waals surface area contributed by atoms with Crippen LogP contribution in [0.5, 0.6) is 0 Å². The number of amides is 2. The minimum Gasteiger partial charge on any atom is -0.366 e. The Kier molecular flexibility index (Phi) is 4.24. The summed E-state index contributed by atoms with van der Waals surface area (Å²) in [6.07, 6.45) is 5.67. The highest BCUT2D eigenvalue weighted by atomic mass is 16.1. The van der Waals surface area contributed by atoms with E-state index in [1.807, 2.05) is 0 Å². The first-order valence-electron chi connectivity index (χ1n) is 7.72. The van der Waals surface area contributed by atoms with E-state index in [2.05, 4.69) is 10.2 Å². The fourth-order valence-electron chi connectivity index (χ4n) is 3.29. The maximum atomic E-state index is 12.0. The molecule has 3 saturated heterocycles. The normalized spacial score (nSPS) is 27.0. The van der Waals surface area contributed by atoms with Crippen molar-refractivity contribution in [3.05, 3.63) is 41.5 Å². The third-order valence-corrected chi connectivity index (χ3v) is 4.61. The molecule has 22 heavy (non-hydrogen) atoms. The van der Waals surface area contributed by atoms with Gasteiger partial charge in [0.05, 0.1) is 0 Å². The molecule has 5 heteroatoms. The zero-order valence-corrected chi connectivity index (χ0v) is 12.5. The average Bonchev–Trinajstić information content (AvgIpc) is 2.54. The molecule has 1 aromatic rings. The molecule has 0 aromatic heterocycles. The lowest BCUT2D eigenvalue weighted by molar-refractivity contribution is -0.118. The molecular formula is C17H21N3O2. The second-order valence-corrected chi connectivity index (χ2v) is 6.07. The van der Waals surface area contributed by atoms with Gasteiger partial charge < -0.3 is 16.0 Å². The molecule has 2 bridgehead atoms. The average molecular weight is 299 g/mol. The van der Waals surface area contributed by atoms with Crippen LogP contribution in [-0.2, 0) is 4.79 Å². The van der Waals surface area contributed by atoms with Crippen molar-refractivity contribution in [2.45, 2.75) is 18.9 Å². The smallest absolute Gasteiger partial charge is 0.248 e. The van der Waals surface area contributed by atoms with Gasteiger partial charge in [0.15, 0.2) is 0 Å². The number of hydrogen-bond acceptors (Lipinski definition) is 3. The lowest BCUT2D eigenvalue weighted by Crippen LogP contribution is -2.57. The van der Waals surface area contributed by atoms with Crippen molar-refractivity contribution in [3.8, 4) is 0 Å². The number of rotatable bonds is 4. The number of nitrogens with zero attached hydrogens (tertiary/aromatic N) is 1. The van der Waals surface area contributed by atoms with E-state index in [1.54, 1.807) is 36.4 Å². The van der Waals surface area contributed by atoms with Crippen molar-refractivity contribution in [3.63, 3.8) is 0 Å². The van der Waals surface area contributed by atoms with Gasteiger partial charge in [-0.2, -0.15) is 0 Å². The fourth-order valence-corrected chi connectivity index (χ4v) is 3.29. The van der Waals surface area contributed by atoms with Crippen LogP contribution in [0.1, 0.15) is 28.8 Å².